The minimum atomic E-state index is -0.992. The lowest BCUT2D eigenvalue weighted by molar-refractivity contribution is -0.125. The van der Waals surface area contributed by atoms with Crippen LogP contribution in [0.3, 0.4) is 0 Å². The molecule has 1 aromatic heterocycles. The largest absolute Gasteiger partial charge is 0.451 e. The number of hydrogen-bond donors (Lipinski definition) is 3. The van der Waals surface area contributed by atoms with Crippen LogP contribution in [0.1, 0.15) is 56.2 Å². The SMILES string of the molecule is CC(C)CC(NC(=O)c1cc2ccccc2o1)C(=O)NC1CCC(C)N(C(=O)OCc2ccccc2)CC1O. The molecule has 0 spiro atoms. The van der Waals surface area contributed by atoms with Gasteiger partial charge in [-0.05, 0) is 49.8 Å². The fourth-order valence-corrected chi connectivity index (χ4v) is 4.81. The lowest BCUT2D eigenvalue weighted by Gasteiger charge is -2.29. The third-order valence-corrected chi connectivity index (χ3v) is 7.02. The number of ether oxygens (including phenoxy) is 1. The van der Waals surface area contributed by atoms with Gasteiger partial charge in [-0.15, -0.1) is 0 Å². The number of aliphatic hydroxyl groups excluding tert-OH is 1. The van der Waals surface area contributed by atoms with Crippen molar-refractivity contribution in [3.63, 3.8) is 0 Å². The second-order valence-electron chi connectivity index (χ2n) is 10.6. The summed E-state index contributed by atoms with van der Waals surface area (Å²) in [7, 11) is 0. The normalized spacial score (nSPS) is 20.3. The summed E-state index contributed by atoms with van der Waals surface area (Å²) < 4.78 is 11.1. The Bertz CT molecular complexity index is 1240. The van der Waals surface area contributed by atoms with E-state index in [1.54, 1.807) is 12.1 Å². The molecule has 1 aliphatic rings. The molecule has 4 unspecified atom stereocenters. The van der Waals surface area contributed by atoms with Crippen molar-refractivity contribution in [3.05, 3.63) is 72.0 Å². The van der Waals surface area contributed by atoms with Crippen LogP contribution < -0.4 is 10.6 Å². The zero-order valence-electron chi connectivity index (χ0n) is 22.6. The van der Waals surface area contributed by atoms with Gasteiger partial charge in [-0.2, -0.15) is 0 Å². The van der Waals surface area contributed by atoms with Gasteiger partial charge in [0.05, 0.1) is 18.7 Å². The molecule has 3 N–H and O–H groups in total. The molecule has 3 aromatic rings. The first-order valence-electron chi connectivity index (χ1n) is 13.5. The molecule has 9 heteroatoms. The molecule has 39 heavy (non-hydrogen) atoms. The molecule has 1 saturated heterocycles. The van der Waals surface area contributed by atoms with Crippen molar-refractivity contribution >= 4 is 28.9 Å². The van der Waals surface area contributed by atoms with Gasteiger partial charge in [-0.25, -0.2) is 4.79 Å². The number of nitrogens with zero attached hydrogens (tertiary/aromatic N) is 1. The second-order valence-corrected chi connectivity index (χ2v) is 10.6. The monoisotopic (exact) mass is 535 g/mol. The molecule has 208 valence electrons. The fourth-order valence-electron chi connectivity index (χ4n) is 4.81. The van der Waals surface area contributed by atoms with Crippen molar-refractivity contribution in [3.8, 4) is 0 Å². The Morgan fingerprint density at radius 1 is 1.08 bits per heavy atom. The number of rotatable bonds is 8. The zero-order valence-corrected chi connectivity index (χ0v) is 22.6. The van der Waals surface area contributed by atoms with Crippen LogP contribution in [0.5, 0.6) is 0 Å². The molecule has 3 amide bonds. The summed E-state index contributed by atoms with van der Waals surface area (Å²) in [4.78, 5) is 40.6. The van der Waals surface area contributed by atoms with E-state index in [-0.39, 0.29) is 36.8 Å². The molecule has 0 radical (unpaired) electrons. The highest BCUT2D eigenvalue weighted by molar-refractivity contribution is 5.98. The van der Waals surface area contributed by atoms with E-state index in [9.17, 15) is 19.5 Å². The van der Waals surface area contributed by atoms with Crippen molar-refractivity contribution in [2.75, 3.05) is 6.54 Å². The highest BCUT2D eigenvalue weighted by Crippen LogP contribution is 2.21. The molecule has 4 atom stereocenters. The Balaban J connectivity index is 1.38. The van der Waals surface area contributed by atoms with Gasteiger partial charge in [0.2, 0.25) is 5.91 Å². The van der Waals surface area contributed by atoms with Crippen LogP contribution in [-0.4, -0.2) is 58.7 Å². The molecule has 1 fully saturated rings. The molecular formula is C30H37N3O6. The van der Waals surface area contributed by atoms with Gasteiger partial charge in [0.25, 0.3) is 5.91 Å². The summed E-state index contributed by atoms with van der Waals surface area (Å²) in [6.07, 6.45) is -0.0397. The Morgan fingerprint density at radius 3 is 2.51 bits per heavy atom. The Labute approximate surface area is 228 Å². The molecule has 1 aliphatic heterocycles. The Morgan fingerprint density at radius 2 is 1.79 bits per heavy atom. The molecule has 0 aliphatic carbocycles. The minimum absolute atomic E-state index is 0.0277. The summed E-state index contributed by atoms with van der Waals surface area (Å²) in [6.45, 7) is 6.00. The minimum Gasteiger partial charge on any atom is -0.451 e. The third-order valence-electron chi connectivity index (χ3n) is 7.02. The van der Waals surface area contributed by atoms with Crippen molar-refractivity contribution < 1.29 is 28.6 Å². The quantitative estimate of drug-likeness (QED) is 0.397. The highest BCUT2D eigenvalue weighted by Gasteiger charge is 2.35. The first kappa shape index (κ1) is 28.2. The number of aliphatic hydroxyl groups is 1. The van der Waals surface area contributed by atoms with Gasteiger partial charge in [-0.1, -0.05) is 62.4 Å². The number of hydrogen-bond acceptors (Lipinski definition) is 6. The van der Waals surface area contributed by atoms with E-state index in [2.05, 4.69) is 10.6 Å². The molecule has 4 rings (SSSR count). The van der Waals surface area contributed by atoms with E-state index < -0.39 is 30.2 Å². The van der Waals surface area contributed by atoms with Gasteiger partial charge >= 0.3 is 6.09 Å². The van der Waals surface area contributed by atoms with Crippen molar-refractivity contribution in [1.82, 2.24) is 15.5 Å². The Kier molecular flexibility index (Phi) is 9.24. The Hall–Kier alpha value is -3.85. The number of carbonyl (C=O) groups is 3. The maximum Gasteiger partial charge on any atom is 0.410 e. The number of likely N-dealkylation sites (tertiary alicyclic amines) is 1. The van der Waals surface area contributed by atoms with E-state index in [0.29, 0.717) is 24.8 Å². The molecule has 0 saturated carbocycles. The van der Waals surface area contributed by atoms with Crippen molar-refractivity contribution in [2.45, 2.75) is 70.9 Å². The lowest BCUT2D eigenvalue weighted by Crippen LogP contribution is -2.54. The molecular weight excluding hydrogens is 498 g/mol. The van der Waals surface area contributed by atoms with E-state index in [1.165, 1.54) is 4.90 Å². The summed E-state index contributed by atoms with van der Waals surface area (Å²) in [5, 5.41) is 17.5. The second kappa shape index (κ2) is 12.8. The fraction of sp³-hybridized carbons (Fsp3) is 0.433. The van der Waals surface area contributed by atoms with Gasteiger partial charge in [0.1, 0.15) is 18.2 Å². The van der Waals surface area contributed by atoms with Gasteiger partial charge in [0.15, 0.2) is 5.76 Å². The van der Waals surface area contributed by atoms with Gasteiger partial charge in [-0.3, -0.25) is 9.59 Å². The number of carbonyl (C=O) groups excluding carboxylic acids is 3. The summed E-state index contributed by atoms with van der Waals surface area (Å²) in [6, 6.07) is 16.8. The molecule has 2 aromatic carbocycles. The van der Waals surface area contributed by atoms with Gasteiger partial charge in [0, 0.05) is 11.4 Å². The molecule has 2 heterocycles. The summed E-state index contributed by atoms with van der Waals surface area (Å²) in [5.41, 5.74) is 1.47. The maximum absolute atomic E-state index is 13.3. The highest BCUT2D eigenvalue weighted by atomic mass is 16.6. The first-order valence-corrected chi connectivity index (χ1v) is 13.5. The number of amides is 3. The maximum atomic E-state index is 13.3. The summed E-state index contributed by atoms with van der Waals surface area (Å²) >= 11 is 0. The van der Waals surface area contributed by atoms with Crippen LogP contribution >= 0.6 is 0 Å². The van der Waals surface area contributed by atoms with E-state index in [0.717, 1.165) is 10.9 Å². The van der Waals surface area contributed by atoms with Gasteiger partial charge < -0.3 is 29.8 Å². The van der Waals surface area contributed by atoms with E-state index in [4.69, 9.17) is 9.15 Å². The average molecular weight is 536 g/mol. The van der Waals surface area contributed by atoms with E-state index >= 15 is 0 Å². The molecule has 0 bridgehead atoms. The standard InChI is InChI=1S/C30H37N3O6/c1-19(2)15-24(32-29(36)27-16-22-11-7-8-12-26(22)39-27)28(35)31-23-14-13-20(3)33(17-25(23)34)30(37)38-18-21-9-5-4-6-10-21/h4-12,16,19-20,23-25,34H,13-15,17-18H2,1-3H3,(H,31,35)(H,32,36). The smallest absolute Gasteiger partial charge is 0.410 e. The zero-order chi connectivity index (χ0) is 27.9. The first-order chi connectivity index (χ1) is 18.7. The van der Waals surface area contributed by atoms with Crippen LogP contribution in [0, 0.1) is 5.92 Å². The van der Waals surface area contributed by atoms with Crippen LogP contribution in [-0.2, 0) is 16.1 Å². The number of benzene rings is 2. The van der Waals surface area contributed by atoms with Crippen LogP contribution in [0.4, 0.5) is 4.79 Å². The van der Waals surface area contributed by atoms with Crippen LogP contribution in [0.15, 0.2) is 65.1 Å². The van der Waals surface area contributed by atoms with E-state index in [1.807, 2.05) is 69.3 Å². The number of fused-ring (bicyclic) bond motifs is 1. The topological polar surface area (TPSA) is 121 Å². The number of β-amino-alcohol motifs (C(OH)–C–C–N with tert-alkyl or cyclic N) is 1. The number of para-hydroxylation sites is 1. The lowest BCUT2D eigenvalue weighted by atomic mass is 10.0. The van der Waals surface area contributed by atoms with Crippen LogP contribution in [0.25, 0.3) is 11.0 Å². The third kappa shape index (κ3) is 7.38. The van der Waals surface area contributed by atoms with Crippen molar-refractivity contribution in [1.29, 1.82) is 0 Å². The number of nitrogens with one attached hydrogen (secondary N) is 2. The average Bonchev–Trinajstić information content (AvgIpc) is 3.31. The van der Waals surface area contributed by atoms with Crippen molar-refractivity contribution in [2.24, 2.45) is 5.92 Å². The molecule has 9 nitrogen and oxygen atoms in total. The predicted octanol–water partition coefficient (Wildman–Crippen LogP) is 4.24. The number of furan rings is 1. The van der Waals surface area contributed by atoms with Crippen LogP contribution in [0.2, 0.25) is 0 Å². The summed E-state index contributed by atoms with van der Waals surface area (Å²) in [5.74, 6) is -0.601. The predicted molar refractivity (Wildman–Crippen MR) is 147 cm³/mol.